The molecule has 0 saturated carbocycles. The summed E-state index contributed by atoms with van der Waals surface area (Å²) >= 11 is 0. The Morgan fingerprint density at radius 1 is 0.920 bits per heavy atom. The minimum Gasteiger partial charge on any atom is -0.466 e. The Balaban J connectivity index is 2.91. The Kier molecular flexibility index (Phi) is 11.1. The van der Waals surface area contributed by atoms with Crippen molar-refractivity contribution in [3.8, 4) is 0 Å². The highest BCUT2D eigenvalue weighted by Gasteiger charge is 2.15. The second-order valence-corrected chi connectivity index (χ2v) is 6.01. The number of carbonyl (C=O) groups is 1. The third-order valence-corrected chi connectivity index (χ3v) is 3.83. The highest BCUT2D eigenvalue weighted by molar-refractivity contribution is 5.69. The van der Waals surface area contributed by atoms with E-state index in [2.05, 4.69) is 79.8 Å². The summed E-state index contributed by atoms with van der Waals surface area (Å²) in [5.74, 6) is -0.134. The Morgan fingerprint density at radius 2 is 1.48 bits per heavy atom. The van der Waals surface area contributed by atoms with E-state index in [0.29, 0.717) is 19.4 Å². The molecule has 0 atom stereocenters. The first-order chi connectivity index (χ1) is 12.2. The number of allylic oxidation sites excluding steroid dienone is 12. The van der Waals surface area contributed by atoms with E-state index in [4.69, 9.17) is 4.74 Å². The molecule has 0 aromatic heterocycles. The smallest absolute Gasteiger partial charge is 0.306 e. The van der Waals surface area contributed by atoms with Gasteiger partial charge in [-0.1, -0.05) is 79.8 Å². The molecule has 0 saturated heterocycles. The van der Waals surface area contributed by atoms with E-state index in [-0.39, 0.29) is 11.4 Å². The van der Waals surface area contributed by atoms with Gasteiger partial charge in [0.05, 0.1) is 6.61 Å². The van der Waals surface area contributed by atoms with Crippen LogP contribution in [0.15, 0.2) is 72.9 Å². The molecule has 25 heavy (non-hydrogen) atoms. The Morgan fingerprint density at radius 3 is 2.04 bits per heavy atom. The minimum atomic E-state index is -0.231. The van der Waals surface area contributed by atoms with Crippen molar-refractivity contribution in [2.24, 2.45) is 5.41 Å². The summed E-state index contributed by atoms with van der Waals surface area (Å²) in [5, 5.41) is 0. The van der Waals surface area contributed by atoms with Gasteiger partial charge in [-0.2, -0.15) is 0 Å². The predicted molar refractivity (Wildman–Crippen MR) is 107 cm³/mol. The number of hydrogen-bond acceptors (Lipinski definition) is 2. The molecule has 0 bridgehead atoms. The van der Waals surface area contributed by atoms with Gasteiger partial charge in [0.25, 0.3) is 0 Å². The predicted octanol–water partition coefficient (Wildman–Crippen LogP) is 6.25. The van der Waals surface area contributed by atoms with Gasteiger partial charge in [-0.05, 0) is 39.0 Å². The monoisotopic (exact) mass is 340 g/mol. The summed E-state index contributed by atoms with van der Waals surface area (Å²) in [6.45, 7) is 4.42. The van der Waals surface area contributed by atoms with Gasteiger partial charge >= 0.3 is 5.97 Å². The largest absolute Gasteiger partial charge is 0.466 e. The molecule has 1 aliphatic rings. The zero-order valence-electron chi connectivity index (χ0n) is 15.7. The molecule has 2 nitrogen and oxygen atoms in total. The maximum Gasteiger partial charge on any atom is 0.306 e. The van der Waals surface area contributed by atoms with Gasteiger partial charge in [-0.3, -0.25) is 4.79 Å². The van der Waals surface area contributed by atoms with Crippen LogP contribution in [0.5, 0.6) is 0 Å². The van der Waals surface area contributed by atoms with Crippen LogP contribution in [0.3, 0.4) is 0 Å². The van der Waals surface area contributed by atoms with E-state index in [1.54, 1.807) is 0 Å². The molecule has 1 aliphatic carbocycles. The van der Waals surface area contributed by atoms with E-state index in [1.165, 1.54) is 0 Å². The Bertz CT molecular complexity index is 520. The number of rotatable bonds is 7. The maximum atomic E-state index is 11.5. The number of esters is 1. The van der Waals surface area contributed by atoms with Crippen LogP contribution in [0.2, 0.25) is 0 Å². The highest BCUT2D eigenvalue weighted by Crippen LogP contribution is 2.27. The van der Waals surface area contributed by atoms with Crippen LogP contribution in [0.25, 0.3) is 0 Å². The van der Waals surface area contributed by atoms with Gasteiger partial charge in [-0.25, -0.2) is 0 Å². The van der Waals surface area contributed by atoms with Crippen LogP contribution in [0, 0.1) is 5.41 Å². The fourth-order valence-electron chi connectivity index (χ4n) is 2.54. The molecule has 0 unspecified atom stereocenters. The van der Waals surface area contributed by atoms with Crippen LogP contribution in [-0.2, 0) is 9.53 Å². The van der Waals surface area contributed by atoms with E-state index < -0.39 is 0 Å². The summed E-state index contributed by atoms with van der Waals surface area (Å²) < 4.78 is 4.99. The van der Waals surface area contributed by atoms with Gasteiger partial charge in [0.1, 0.15) is 0 Å². The van der Waals surface area contributed by atoms with Crippen molar-refractivity contribution in [2.75, 3.05) is 6.61 Å². The van der Waals surface area contributed by atoms with Gasteiger partial charge in [-0.15, -0.1) is 0 Å². The first-order valence-corrected chi connectivity index (χ1v) is 9.39. The fourth-order valence-corrected chi connectivity index (χ4v) is 2.54. The summed E-state index contributed by atoms with van der Waals surface area (Å²) in [5.41, 5.74) is -0.231. The lowest BCUT2D eigenvalue weighted by atomic mass is 9.84. The molecule has 0 heterocycles. The Hall–Kier alpha value is -2.09. The second kappa shape index (κ2) is 13.2. The third-order valence-electron chi connectivity index (χ3n) is 3.83. The molecule has 136 valence electrons. The van der Waals surface area contributed by atoms with Gasteiger partial charge in [0.2, 0.25) is 0 Å². The maximum absolute atomic E-state index is 11.5. The fraction of sp³-hybridized carbons (Fsp3) is 0.435. The molecule has 0 amide bonds. The number of hydrogen-bond donors (Lipinski definition) is 0. The topological polar surface area (TPSA) is 26.3 Å². The van der Waals surface area contributed by atoms with Gasteiger partial charge < -0.3 is 4.74 Å². The van der Waals surface area contributed by atoms with Gasteiger partial charge in [0.15, 0.2) is 0 Å². The molecule has 0 aliphatic heterocycles. The summed E-state index contributed by atoms with van der Waals surface area (Å²) in [6.07, 6.45) is 31.4. The zero-order chi connectivity index (χ0) is 18.2. The lowest BCUT2D eigenvalue weighted by Crippen LogP contribution is -2.08. The molecule has 1 rings (SSSR count). The highest BCUT2D eigenvalue weighted by atomic mass is 16.5. The van der Waals surface area contributed by atoms with Crippen molar-refractivity contribution >= 4 is 5.97 Å². The number of carbonyl (C=O) groups excluding carboxylic acids is 1. The lowest BCUT2D eigenvalue weighted by Gasteiger charge is -2.19. The summed E-state index contributed by atoms with van der Waals surface area (Å²) in [4.78, 5) is 11.5. The van der Waals surface area contributed by atoms with Crippen molar-refractivity contribution in [3.63, 3.8) is 0 Å². The van der Waals surface area contributed by atoms with E-state index >= 15 is 0 Å². The summed E-state index contributed by atoms with van der Waals surface area (Å²) in [7, 11) is 0. The molecular weight excluding hydrogens is 308 g/mol. The van der Waals surface area contributed by atoms with Crippen LogP contribution >= 0.6 is 0 Å². The third kappa shape index (κ3) is 9.71. The Labute approximate surface area is 153 Å². The molecule has 0 spiro atoms. The lowest BCUT2D eigenvalue weighted by molar-refractivity contribution is -0.143. The van der Waals surface area contributed by atoms with Crippen LogP contribution in [0.1, 0.15) is 52.4 Å². The van der Waals surface area contributed by atoms with Crippen LogP contribution in [-0.4, -0.2) is 12.6 Å². The van der Waals surface area contributed by atoms with Crippen LogP contribution in [0.4, 0.5) is 0 Å². The van der Waals surface area contributed by atoms with Crippen molar-refractivity contribution in [1.82, 2.24) is 0 Å². The molecular formula is C23H32O2. The molecule has 0 aromatic carbocycles. The second-order valence-electron chi connectivity index (χ2n) is 6.01. The SMILES string of the molecule is CC/C=C\C1(/C=C\CCC(=O)OCC)/C=C\C/C=C\C/C=C\C/C=C\1. The average molecular weight is 341 g/mol. The molecule has 2 heteroatoms. The first-order valence-electron chi connectivity index (χ1n) is 9.39. The van der Waals surface area contributed by atoms with Crippen LogP contribution < -0.4 is 0 Å². The van der Waals surface area contributed by atoms with E-state index in [0.717, 1.165) is 25.7 Å². The molecule has 0 N–H and O–H groups in total. The van der Waals surface area contributed by atoms with Gasteiger partial charge in [0, 0.05) is 11.8 Å². The average Bonchev–Trinajstić information content (AvgIpc) is 2.60. The van der Waals surface area contributed by atoms with Crippen molar-refractivity contribution in [3.05, 3.63) is 72.9 Å². The normalized spacial score (nSPS) is 22.8. The van der Waals surface area contributed by atoms with E-state index in [9.17, 15) is 4.79 Å². The zero-order valence-corrected chi connectivity index (χ0v) is 15.7. The van der Waals surface area contributed by atoms with Crippen molar-refractivity contribution < 1.29 is 9.53 Å². The molecule has 0 aromatic rings. The van der Waals surface area contributed by atoms with Crippen molar-refractivity contribution in [1.29, 1.82) is 0 Å². The van der Waals surface area contributed by atoms with E-state index in [1.807, 2.05) is 6.92 Å². The summed E-state index contributed by atoms with van der Waals surface area (Å²) in [6, 6.07) is 0. The molecule has 0 fully saturated rings. The first kappa shape index (κ1) is 21.0. The molecule has 0 radical (unpaired) electrons. The minimum absolute atomic E-state index is 0.134. The van der Waals surface area contributed by atoms with Crippen molar-refractivity contribution in [2.45, 2.75) is 52.4 Å². The standard InChI is InChI=1S/C23H32O2/c1-3-5-18-23(21-16-13-17-22(24)25-4-2)19-14-11-9-7-6-8-10-12-15-20-23/h5,7-10,14-16,18-21H,3-4,6,11-13,17H2,1-2H3/b9-7-,10-8-,18-5-,19-14-,20-15-,21-16-. The number of ether oxygens (including phenoxy) is 1. The quantitative estimate of drug-likeness (QED) is 0.404.